The Morgan fingerprint density at radius 1 is 1.41 bits per heavy atom. The minimum atomic E-state index is -3.45. The lowest BCUT2D eigenvalue weighted by molar-refractivity contribution is -0.123. The Balaban J connectivity index is 2.61. The van der Waals surface area contributed by atoms with Crippen molar-refractivity contribution in [1.82, 2.24) is 4.72 Å². The molecule has 17 heavy (non-hydrogen) atoms. The maximum absolute atomic E-state index is 11.8. The maximum Gasteiger partial charge on any atom is 0.237 e. The van der Waals surface area contributed by atoms with Crippen molar-refractivity contribution in [2.45, 2.75) is 45.3 Å². The molecule has 1 amide bonds. The van der Waals surface area contributed by atoms with Crippen molar-refractivity contribution in [3.05, 3.63) is 0 Å². The van der Waals surface area contributed by atoms with Gasteiger partial charge in [0.05, 0.1) is 11.2 Å². The van der Waals surface area contributed by atoms with Gasteiger partial charge < -0.3 is 5.73 Å². The standard InChI is InChI=1S/C11H22N2O3S/c1-11(2,3)6-8(7-12)10(14)13-17(15,16)9-4-5-9/h8-9H,4-7,12H2,1-3H3,(H,13,14). The molecule has 1 saturated carbocycles. The highest BCUT2D eigenvalue weighted by Gasteiger charge is 2.38. The molecule has 1 unspecified atom stereocenters. The Kier molecular flexibility index (Phi) is 4.19. The van der Waals surface area contributed by atoms with Gasteiger partial charge in [0.2, 0.25) is 15.9 Å². The van der Waals surface area contributed by atoms with Crippen molar-refractivity contribution >= 4 is 15.9 Å². The Morgan fingerprint density at radius 2 is 1.94 bits per heavy atom. The SMILES string of the molecule is CC(C)(C)CC(CN)C(=O)NS(=O)(=O)C1CC1. The third kappa shape index (κ3) is 4.63. The van der Waals surface area contributed by atoms with Gasteiger partial charge >= 0.3 is 0 Å². The fourth-order valence-corrected chi connectivity index (χ4v) is 3.08. The molecule has 1 atom stereocenters. The highest BCUT2D eigenvalue weighted by Crippen LogP contribution is 2.28. The van der Waals surface area contributed by atoms with Crippen LogP contribution in [0.4, 0.5) is 0 Å². The molecule has 1 aliphatic carbocycles. The molecule has 0 radical (unpaired) electrons. The summed E-state index contributed by atoms with van der Waals surface area (Å²) in [4.78, 5) is 11.8. The van der Waals surface area contributed by atoms with Gasteiger partial charge in [0.15, 0.2) is 0 Å². The van der Waals surface area contributed by atoms with E-state index in [0.717, 1.165) is 0 Å². The molecule has 0 aromatic carbocycles. The second kappa shape index (κ2) is 4.94. The van der Waals surface area contributed by atoms with Crippen LogP contribution in [0.5, 0.6) is 0 Å². The molecule has 1 rings (SSSR count). The molecular weight excluding hydrogens is 240 g/mol. The minimum Gasteiger partial charge on any atom is -0.330 e. The first-order chi connectivity index (χ1) is 7.65. The molecular formula is C11H22N2O3S. The average Bonchev–Trinajstić information content (AvgIpc) is 2.94. The summed E-state index contributed by atoms with van der Waals surface area (Å²) in [7, 11) is -3.45. The number of rotatable bonds is 5. The number of hydrogen-bond donors (Lipinski definition) is 2. The zero-order chi connectivity index (χ0) is 13.3. The number of carbonyl (C=O) groups excluding carboxylic acids is 1. The third-order valence-electron chi connectivity index (χ3n) is 2.72. The van der Waals surface area contributed by atoms with Crippen molar-refractivity contribution in [3.63, 3.8) is 0 Å². The summed E-state index contributed by atoms with van der Waals surface area (Å²) in [5.74, 6) is -0.905. The monoisotopic (exact) mass is 262 g/mol. The lowest BCUT2D eigenvalue weighted by Crippen LogP contribution is -2.41. The van der Waals surface area contributed by atoms with Gasteiger partial charge in [-0.1, -0.05) is 20.8 Å². The number of amides is 1. The summed E-state index contributed by atoms with van der Waals surface area (Å²) >= 11 is 0. The molecule has 6 heteroatoms. The van der Waals surface area contributed by atoms with Crippen LogP contribution >= 0.6 is 0 Å². The Morgan fingerprint density at radius 3 is 2.29 bits per heavy atom. The average molecular weight is 262 g/mol. The predicted octanol–water partition coefficient (Wildman–Crippen LogP) is 0.606. The quantitative estimate of drug-likeness (QED) is 0.759. The molecule has 0 bridgehead atoms. The Bertz CT molecular complexity index is 380. The molecule has 0 heterocycles. The molecule has 0 aromatic heterocycles. The highest BCUT2D eigenvalue weighted by molar-refractivity contribution is 7.90. The summed E-state index contributed by atoms with van der Waals surface area (Å²) in [6.07, 6.45) is 1.87. The molecule has 0 spiro atoms. The zero-order valence-electron chi connectivity index (χ0n) is 10.7. The first kappa shape index (κ1) is 14.4. The zero-order valence-corrected chi connectivity index (χ0v) is 11.5. The van der Waals surface area contributed by atoms with E-state index in [1.807, 2.05) is 20.8 Å². The summed E-state index contributed by atoms with van der Waals surface area (Å²) in [5, 5.41) is -0.375. The van der Waals surface area contributed by atoms with Crippen molar-refractivity contribution in [3.8, 4) is 0 Å². The molecule has 0 saturated heterocycles. The van der Waals surface area contributed by atoms with Crippen LogP contribution in [0, 0.1) is 11.3 Å². The first-order valence-electron chi connectivity index (χ1n) is 5.91. The van der Waals surface area contributed by atoms with Gasteiger partial charge in [-0.2, -0.15) is 0 Å². The van der Waals surface area contributed by atoms with E-state index in [9.17, 15) is 13.2 Å². The normalized spacial score (nSPS) is 18.8. The number of carbonyl (C=O) groups is 1. The van der Waals surface area contributed by atoms with E-state index >= 15 is 0 Å². The highest BCUT2D eigenvalue weighted by atomic mass is 32.2. The molecule has 1 aliphatic rings. The van der Waals surface area contributed by atoms with Crippen LogP contribution in [0.2, 0.25) is 0 Å². The Hall–Kier alpha value is -0.620. The molecule has 1 fully saturated rings. The van der Waals surface area contributed by atoms with Crippen LogP contribution in [-0.4, -0.2) is 26.1 Å². The van der Waals surface area contributed by atoms with E-state index in [4.69, 9.17) is 5.73 Å². The van der Waals surface area contributed by atoms with Gasteiger partial charge in [-0.15, -0.1) is 0 Å². The summed E-state index contributed by atoms with van der Waals surface area (Å²) < 4.78 is 25.4. The second-order valence-electron chi connectivity index (χ2n) is 5.91. The van der Waals surface area contributed by atoms with Gasteiger partial charge in [-0.25, -0.2) is 8.42 Å². The molecule has 3 N–H and O–H groups in total. The van der Waals surface area contributed by atoms with Crippen molar-refractivity contribution in [2.75, 3.05) is 6.54 Å². The van der Waals surface area contributed by atoms with E-state index in [1.165, 1.54) is 0 Å². The third-order valence-corrected chi connectivity index (χ3v) is 4.55. The number of sulfonamides is 1. The largest absolute Gasteiger partial charge is 0.330 e. The predicted molar refractivity (Wildman–Crippen MR) is 66.7 cm³/mol. The lowest BCUT2D eigenvalue weighted by Gasteiger charge is -2.24. The summed E-state index contributed by atoms with van der Waals surface area (Å²) in [6, 6.07) is 0. The van der Waals surface area contributed by atoms with E-state index in [1.54, 1.807) is 0 Å². The maximum atomic E-state index is 11.8. The van der Waals surface area contributed by atoms with Crippen LogP contribution in [-0.2, 0) is 14.8 Å². The lowest BCUT2D eigenvalue weighted by atomic mass is 9.84. The summed E-state index contributed by atoms with van der Waals surface area (Å²) in [6.45, 7) is 6.16. The molecule has 5 nitrogen and oxygen atoms in total. The molecule has 0 aromatic rings. The van der Waals surface area contributed by atoms with E-state index in [2.05, 4.69) is 4.72 Å². The van der Waals surface area contributed by atoms with Gasteiger partial charge in [-0.05, 0) is 24.7 Å². The van der Waals surface area contributed by atoms with Crippen molar-refractivity contribution in [2.24, 2.45) is 17.1 Å². The van der Waals surface area contributed by atoms with Gasteiger partial charge in [0, 0.05) is 6.54 Å². The van der Waals surface area contributed by atoms with Crippen LogP contribution < -0.4 is 10.5 Å². The molecule has 100 valence electrons. The smallest absolute Gasteiger partial charge is 0.237 e. The first-order valence-corrected chi connectivity index (χ1v) is 7.46. The van der Waals surface area contributed by atoms with Crippen LogP contribution in [0.15, 0.2) is 0 Å². The number of nitrogens with two attached hydrogens (primary N) is 1. The van der Waals surface area contributed by atoms with Crippen molar-refractivity contribution < 1.29 is 13.2 Å². The fourth-order valence-electron chi connectivity index (χ4n) is 1.71. The van der Waals surface area contributed by atoms with E-state index in [0.29, 0.717) is 19.3 Å². The van der Waals surface area contributed by atoms with Crippen LogP contribution in [0.1, 0.15) is 40.0 Å². The van der Waals surface area contributed by atoms with Crippen LogP contribution in [0.25, 0.3) is 0 Å². The van der Waals surface area contributed by atoms with Gasteiger partial charge in [0.1, 0.15) is 0 Å². The second-order valence-corrected chi connectivity index (χ2v) is 7.87. The minimum absolute atomic E-state index is 0.0509. The van der Waals surface area contributed by atoms with Crippen molar-refractivity contribution in [1.29, 1.82) is 0 Å². The summed E-state index contributed by atoms with van der Waals surface area (Å²) in [5.41, 5.74) is 5.48. The van der Waals surface area contributed by atoms with Crippen LogP contribution in [0.3, 0.4) is 0 Å². The van der Waals surface area contributed by atoms with E-state index < -0.39 is 21.8 Å². The topological polar surface area (TPSA) is 89.3 Å². The number of hydrogen-bond acceptors (Lipinski definition) is 4. The number of nitrogens with one attached hydrogen (secondary N) is 1. The van der Waals surface area contributed by atoms with E-state index in [-0.39, 0.29) is 17.2 Å². The van der Waals surface area contributed by atoms with Gasteiger partial charge in [-0.3, -0.25) is 9.52 Å². The fraction of sp³-hybridized carbons (Fsp3) is 0.909. The Labute approximate surface area is 103 Å². The molecule has 0 aliphatic heterocycles. The van der Waals surface area contributed by atoms with Gasteiger partial charge in [0.25, 0.3) is 0 Å².